The van der Waals surface area contributed by atoms with Gasteiger partial charge in [-0.3, -0.25) is 5.10 Å². The van der Waals surface area contributed by atoms with Gasteiger partial charge in [-0.2, -0.15) is 10.4 Å². The van der Waals surface area contributed by atoms with E-state index in [-0.39, 0.29) is 5.41 Å². The molecule has 1 saturated heterocycles. The van der Waals surface area contributed by atoms with Crippen molar-refractivity contribution in [3.05, 3.63) is 29.7 Å². The largest absolute Gasteiger partial charge is 0.355 e. The van der Waals surface area contributed by atoms with Crippen molar-refractivity contribution in [3.63, 3.8) is 0 Å². The molecule has 3 N–H and O–H groups in total. The molecule has 5 heterocycles. The Kier molecular flexibility index (Phi) is 4.51. The van der Waals surface area contributed by atoms with Crippen LogP contribution in [0.2, 0.25) is 0 Å². The monoisotopic (exact) mass is 403 g/mol. The Hall–Kier alpha value is -3.25. The first-order valence-corrected chi connectivity index (χ1v) is 10.4. The lowest BCUT2D eigenvalue weighted by atomic mass is 9.80. The van der Waals surface area contributed by atoms with E-state index in [4.69, 9.17) is 21.0 Å². The predicted octanol–water partition coefficient (Wildman–Crippen LogP) is 2.27. The van der Waals surface area contributed by atoms with Crippen molar-refractivity contribution < 1.29 is 0 Å². The molecule has 5 rings (SSSR count). The molecule has 0 spiro atoms. The van der Waals surface area contributed by atoms with Gasteiger partial charge < -0.3 is 15.5 Å². The van der Waals surface area contributed by atoms with E-state index in [1.807, 2.05) is 12.3 Å². The lowest BCUT2D eigenvalue weighted by Gasteiger charge is -2.39. The van der Waals surface area contributed by atoms with E-state index in [1.54, 1.807) is 6.07 Å². The Bertz CT molecular complexity index is 1120. The summed E-state index contributed by atoms with van der Waals surface area (Å²) in [6.45, 7) is 5.67. The summed E-state index contributed by atoms with van der Waals surface area (Å²) >= 11 is 0. The second-order valence-electron chi connectivity index (χ2n) is 8.50. The third-order valence-corrected chi connectivity index (χ3v) is 6.43. The molecule has 9 nitrogen and oxygen atoms in total. The molecule has 3 aromatic rings. The number of aromatic amines is 1. The van der Waals surface area contributed by atoms with E-state index in [2.05, 4.69) is 38.0 Å². The minimum atomic E-state index is 0.219. The number of rotatable bonds is 3. The van der Waals surface area contributed by atoms with Gasteiger partial charge in [0.05, 0.1) is 17.6 Å². The number of piperidine rings is 1. The summed E-state index contributed by atoms with van der Waals surface area (Å²) in [4.78, 5) is 18.4. The molecule has 2 aliphatic rings. The van der Waals surface area contributed by atoms with Gasteiger partial charge in [-0.25, -0.2) is 15.0 Å². The summed E-state index contributed by atoms with van der Waals surface area (Å²) in [6.07, 6.45) is 5.76. The standard InChI is InChI=1S/C21H25N9/c1-21(13-23)6-9-29(10-7-21)17-12-24-18-19(26-17)27-28-20(18)30-8-2-3-15-16(30)5-4-14(11-22)25-15/h4-5,12H,2-3,6-10,13,23H2,1H3,(H,26,27,28). The van der Waals surface area contributed by atoms with E-state index < -0.39 is 0 Å². The maximum atomic E-state index is 9.13. The number of fused-ring (bicyclic) bond motifs is 2. The number of hydrogen-bond acceptors (Lipinski definition) is 8. The predicted molar refractivity (Wildman–Crippen MR) is 115 cm³/mol. The molecule has 30 heavy (non-hydrogen) atoms. The summed E-state index contributed by atoms with van der Waals surface area (Å²) in [5, 5.41) is 16.7. The molecule has 9 heteroatoms. The van der Waals surface area contributed by atoms with Crippen LogP contribution in [0.15, 0.2) is 18.3 Å². The molecule has 1 fully saturated rings. The number of nitriles is 1. The van der Waals surface area contributed by atoms with Crippen molar-refractivity contribution in [3.8, 4) is 6.07 Å². The van der Waals surface area contributed by atoms with Crippen molar-refractivity contribution in [2.45, 2.75) is 32.6 Å². The average molecular weight is 403 g/mol. The van der Waals surface area contributed by atoms with Gasteiger partial charge >= 0.3 is 0 Å². The second-order valence-corrected chi connectivity index (χ2v) is 8.50. The van der Waals surface area contributed by atoms with E-state index in [0.29, 0.717) is 11.3 Å². The molecule has 154 valence electrons. The molecule has 0 aliphatic carbocycles. The number of nitrogens with zero attached hydrogens (tertiary/aromatic N) is 7. The minimum Gasteiger partial charge on any atom is -0.355 e. The molecular weight excluding hydrogens is 378 g/mol. The van der Waals surface area contributed by atoms with Crippen LogP contribution in [-0.2, 0) is 6.42 Å². The average Bonchev–Trinajstić information content (AvgIpc) is 3.22. The summed E-state index contributed by atoms with van der Waals surface area (Å²) in [6, 6.07) is 5.82. The zero-order valence-corrected chi connectivity index (χ0v) is 17.1. The molecule has 0 bridgehead atoms. The van der Waals surface area contributed by atoms with Gasteiger partial charge in [0.1, 0.15) is 17.6 Å². The van der Waals surface area contributed by atoms with Gasteiger partial charge in [0.2, 0.25) is 0 Å². The van der Waals surface area contributed by atoms with Crippen molar-refractivity contribution in [1.29, 1.82) is 5.26 Å². The Morgan fingerprint density at radius 1 is 1.23 bits per heavy atom. The molecule has 0 saturated carbocycles. The molecule has 0 aromatic carbocycles. The normalized spacial score (nSPS) is 18.3. The number of aryl methyl sites for hydroxylation is 1. The van der Waals surface area contributed by atoms with Gasteiger partial charge in [0, 0.05) is 19.6 Å². The number of H-pyrrole nitrogens is 1. The van der Waals surface area contributed by atoms with Crippen molar-refractivity contribution in [2.75, 3.05) is 36.0 Å². The van der Waals surface area contributed by atoms with E-state index >= 15 is 0 Å². The summed E-state index contributed by atoms with van der Waals surface area (Å²) in [5.41, 5.74) is 9.94. The van der Waals surface area contributed by atoms with E-state index in [1.165, 1.54) is 0 Å². The fourth-order valence-corrected chi connectivity index (χ4v) is 4.33. The highest BCUT2D eigenvalue weighted by molar-refractivity contribution is 5.87. The summed E-state index contributed by atoms with van der Waals surface area (Å²) < 4.78 is 0. The van der Waals surface area contributed by atoms with Gasteiger partial charge in [0.15, 0.2) is 17.0 Å². The van der Waals surface area contributed by atoms with Crippen LogP contribution in [-0.4, -0.2) is 51.3 Å². The van der Waals surface area contributed by atoms with E-state index in [9.17, 15) is 0 Å². The zero-order chi connectivity index (χ0) is 20.7. The van der Waals surface area contributed by atoms with Crippen LogP contribution in [0.4, 0.5) is 17.3 Å². The van der Waals surface area contributed by atoms with Crippen LogP contribution >= 0.6 is 0 Å². The molecule has 0 radical (unpaired) electrons. The van der Waals surface area contributed by atoms with Gasteiger partial charge in [-0.05, 0) is 49.8 Å². The minimum absolute atomic E-state index is 0.219. The van der Waals surface area contributed by atoms with Crippen molar-refractivity contribution in [1.82, 2.24) is 25.1 Å². The fraction of sp³-hybridized carbons (Fsp3) is 0.476. The Balaban J connectivity index is 1.44. The van der Waals surface area contributed by atoms with Crippen LogP contribution < -0.4 is 15.5 Å². The fourth-order valence-electron chi connectivity index (χ4n) is 4.33. The number of pyridine rings is 1. The number of nitrogens with two attached hydrogens (primary N) is 1. The molecule has 2 aliphatic heterocycles. The number of nitrogens with one attached hydrogen (secondary N) is 1. The third-order valence-electron chi connectivity index (χ3n) is 6.43. The quantitative estimate of drug-likeness (QED) is 0.682. The smallest absolute Gasteiger partial charge is 0.183 e. The van der Waals surface area contributed by atoms with Crippen LogP contribution in [0.3, 0.4) is 0 Å². The lowest BCUT2D eigenvalue weighted by Crippen LogP contribution is -2.42. The number of hydrogen-bond donors (Lipinski definition) is 2. The van der Waals surface area contributed by atoms with Gasteiger partial charge in [0.25, 0.3) is 0 Å². The first-order valence-electron chi connectivity index (χ1n) is 10.4. The highest BCUT2D eigenvalue weighted by atomic mass is 15.3. The first-order chi connectivity index (χ1) is 14.6. The molecule has 0 unspecified atom stereocenters. The molecule has 0 amide bonds. The Labute approximate surface area is 174 Å². The molecule has 3 aromatic heterocycles. The Morgan fingerprint density at radius 3 is 2.83 bits per heavy atom. The highest BCUT2D eigenvalue weighted by Crippen LogP contribution is 2.35. The molecule has 0 atom stereocenters. The topological polar surface area (TPSA) is 124 Å². The highest BCUT2D eigenvalue weighted by Gasteiger charge is 2.30. The Morgan fingerprint density at radius 2 is 2.07 bits per heavy atom. The maximum Gasteiger partial charge on any atom is 0.183 e. The van der Waals surface area contributed by atoms with Gasteiger partial charge in [-0.1, -0.05) is 6.92 Å². The number of aromatic nitrogens is 5. The van der Waals surface area contributed by atoms with Crippen LogP contribution in [0.25, 0.3) is 11.2 Å². The van der Waals surface area contributed by atoms with Crippen molar-refractivity contribution >= 4 is 28.5 Å². The number of anilines is 3. The van der Waals surface area contributed by atoms with E-state index in [0.717, 1.165) is 80.4 Å². The van der Waals surface area contributed by atoms with Gasteiger partial charge in [-0.15, -0.1) is 0 Å². The van der Waals surface area contributed by atoms with Crippen LogP contribution in [0.1, 0.15) is 37.6 Å². The SMILES string of the molecule is CC1(CN)CCN(c2cnc3c(N4CCCc5nc(C#N)ccc54)n[nH]c3n2)CC1. The summed E-state index contributed by atoms with van der Waals surface area (Å²) in [7, 11) is 0. The second kappa shape index (κ2) is 7.22. The third kappa shape index (κ3) is 3.13. The summed E-state index contributed by atoms with van der Waals surface area (Å²) in [5.74, 6) is 1.63. The van der Waals surface area contributed by atoms with Crippen LogP contribution in [0, 0.1) is 16.7 Å². The lowest BCUT2D eigenvalue weighted by molar-refractivity contribution is 0.258. The van der Waals surface area contributed by atoms with Crippen LogP contribution in [0.5, 0.6) is 0 Å². The first kappa shape index (κ1) is 18.8. The molecular formula is C21H25N9. The van der Waals surface area contributed by atoms with Crippen molar-refractivity contribution in [2.24, 2.45) is 11.1 Å². The zero-order valence-electron chi connectivity index (χ0n) is 17.1. The maximum absolute atomic E-state index is 9.13.